The highest BCUT2D eigenvalue weighted by Crippen LogP contribution is 2.35. The van der Waals surface area contributed by atoms with Gasteiger partial charge < -0.3 is 5.32 Å². The Bertz CT molecular complexity index is 1260. The fraction of sp³-hybridized carbons (Fsp3) is 0.227. The van der Waals surface area contributed by atoms with Crippen LogP contribution >= 0.6 is 34.4 Å². The zero-order valence-corrected chi connectivity index (χ0v) is 18.7. The van der Waals surface area contributed by atoms with Gasteiger partial charge in [0.1, 0.15) is 4.83 Å². The van der Waals surface area contributed by atoms with Crippen molar-refractivity contribution in [1.29, 1.82) is 0 Å². The minimum absolute atomic E-state index is 0.0121. The van der Waals surface area contributed by atoms with Crippen LogP contribution in [0.4, 0.5) is 0 Å². The summed E-state index contributed by atoms with van der Waals surface area (Å²) in [4.78, 5) is 32.8. The molecule has 1 saturated carbocycles. The number of hydrogen-bond acceptors (Lipinski definition) is 6. The Labute approximate surface area is 185 Å². The smallest absolute Gasteiger partial charge is 0.268 e. The molecule has 0 bridgehead atoms. The first-order chi connectivity index (χ1) is 14.6. The third-order valence-electron chi connectivity index (χ3n) is 4.95. The molecule has 4 aromatic rings. The Morgan fingerprint density at radius 3 is 2.70 bits per heavy atom. The molecule has 1 unspecified atom stereocenters. The molecule has 0 radical (unpaired) electrons. The number of benzene rings is 1. The molecule has 0 saturated heterocycles. The molecule has 1 aromatic carbocycles. The lowest BCUT2D eigenvalue weighted by Gasteiger charge is -2.16. The van der Waals surface area contributed by atoms with Crippen LogP contribution in [0.25, 0.3) is 26.3 Å². The van der Waals surface area contributed by atoms with E-state index in [2.05, 4.69) is 5.32 Å². The average Bonchev–Trinajstić information content (AvgIpc) is 3.22. The molecule has 1 amide bonds. The zero-order valence-electron chi connectivity index (χ0n) is 16.2. The van der Waals surface area contributed by atoms with Crippen LogP contribution in [-0.4, -0.2) is 26.8 Å². The summed E-state index contributed by atoms with van der Waals surface area (Å²) in [5, 5.41) is 7.86. The Morgan fingerprint density at radius 1 is 1.20 bits per heavy atom. The topological polar surface area (TPSA) is 64.0 Å². The summed E-state index contributed by atoms with van der Waals surface area (Å²) in [5.74, 6) is -0.0121. The molecular weight excluding hydrogens is 434 g/mol. The second-order valence-corrected chi connectivity index (χ2v) is 10.3. The van der Waals surface area contributed by atoms with Crippen molar-refractivity contribution >= 4 is 50.6 Å². The minimum Gasteiger partial charge on any atom is -0.352 e. The summed E-state index contributed by atoms with van der Waals surface area (Å²) >= 11 is 4.41. The maximum atomic E-state index is 13.7. The number of rotatable bonds is 6. The van der Waals surface area contributed by atoms with E-state index in [4.69, 9.17) is 4.98 Å². The van der Waals surface area contributed by atoms with Crippen LogP contribution in [0.1, 0.15) is 19.8 Å². The average molecular weight is 454 g/mol. The molecule has 3 heterocycles. The number of carbonyl (C=O) groups excluding carboxylic acids is 1. The van der Waals surface area contributed by atoms with E-state index in [0.717, 1.165) is 29.0 Å². The number of aromatic nitrogens is 2. The third-order valence-corrected chi connectivity index (χ3v) is 7.78. The molecule has 8 heteroatoms. The summed E-state index contributed by atoms with van der Waals surface area (Å²) in [6.45, 7) is 1.86. The molecule has 1 aliphatic carbocycles. The standard InChI is InChI=1S/C22H19N3O2S3/c1-13(19(26)23-14-9-10-14)30-22-24-20-18(16(12-29-20)17-8-5-11-28-17)21(27)25(22)15-6-3-2-4-7-15/h2-8,11-14H,9-10H2,1H3,(H,23,26). The number of hydrogen-bond donors (Lipinski definition) is 1. The summed E-state index contributed by atoms with van der Waals surface area (Å²) in [6.07, 6.45) is 2.09. The van der Waals surface area contributed by atoms with Gasteiger partial charge in [0.25, 0.3) is 5.56 Å². The largest absolute Gasteiger partial charge is 0.352 e. The van der Waals surface area contributed by atoms with Crippen LogP contribution in [0, 0.1) is 0 Å². The first kappa shape index (κ1) is 19.5. The van der Waals surface area contributed by atoms with E-state index in [1.165, 1.54) is 23.1 Å². The molecule has 3 aromatic heterocycles. The van der Waals surface area contributed by atoms with Gasteiger partial charge in [-0.05, 0) is 43.3 Å². The second-order valence-electron chi connectivity index (χ2n) is 7.22. The van der Waals surface area contributed by atoms with Gasteiger partial charge in [-0.1, -0.05) is 36.0 Å². The van der Waals surface area contributed by atoms with Crippen molar-refractivity contribution in [3.05, 3.63) is 63.6 Å². The maximum absolute atomic E-state index is 13.7. The number of amides is 1. The van der Waals surface area contributed by atoms with Crippen LogP contribution in [-0.2, 0) is 4.79 Å². The van der Waals surface area contributed by atoms with Crippen molar-refractivity contribution in [2.45, 2.75) is 36.2 Å². The molecule has 0 spiro atoms. The van der Waals surface area contributed by atoms with E-state index >= 15 is 0 Å². The monoisotopic (exact) mass is 453 g/mol. The summed E-state index contributed by atoms with van der Waals surface area (Å²) < 4.78 is 1.64. The molecule has 0 aliphatic heterocycles. The van der Waals surface area contributed by atoms with Crippen molar-refractivity contribution < 1.29 is 4.79 Å². The summed E-state index contributed by atoms with van der Waals surface area (Å²) in [6, 6.07) is 13.8. The number of fused-ring (bicyclic) bond motifs is 1. The van der Waals surface area contributed by atoms with Gasteiger partial charge in [0.05, 0.1) is 16.3 Å². The van der Waals surface area contributed by atoms with Crippen LogP contribution in [0.5, 0.6) is 0 Å². The van der Waals surface area contributed by atoms with Crippen LogP contribution in [0.3, 0.4) is 0 Å². The Kier molecular flexibility index (Phi) is 5.22. The van der Waals surface area contributed by atoms with Gasteiger partial charge in [0.2, 0.25) is 5.91 Å². The second kappa shape index (κ2) is 8.02. The van der Waals surface area contributed by atoms with Gasteiger partial charge >= 0.3 is 0 Å². The zero-order chi connectivity index (χ0) is 20.7. The van der Waals surface area contributed by atoms with Crippen LogP contribution in [0.2, 0.25) is 0 Å². The summed E-state index contributed by atoms with van der Waals surface area (Å²) in [5.41, 5.74) is 1.56. The SMILES string of the molecule is CC(Sc1nc2scc(-c3cccs3)c2c(=O)n1-c1ccccc1)C(=O)NC1CC1. The number of nitrogens with zero attached hydrogens (tertiary/aromatic N) is 2. The number of para-hydroxylation sites is 1. The van der Waals surface area contributed by atoms with Gasteiger partial charge in [-0.2, -0.15) is 0 Å². The minimum atomic E-state index is -0.346. The predicted octanol–water partition coefficient (Wildman–Crippen LogP) is 4.93. The van der Waals surface area contributed by atoms with Crippen molar-refractivity contribution in [3.8, 4) is 16.1 Å². The molecule has 5 rings (SSSR count). The number of carbonyl (C=O) groups is 1. The van der Waals surface area contributed by atoms with Gasteiger partial charge in [0.15, 0.2) is 5.16 Å². The third kappa shape index (κ3) is 3.71. The molecule has 1 N–H and O–H groups in total. The number of nitrogens with one attached hydrogen (secondary N) is 1. The van der Waals surface area contributed by atoms with E-state index in [9.17, 15) is 9.59 Å². The van der Waals surface area contributed by atoms with E-state index in [1.807, 2.05) is 60.1 Å². The number of thioether (sulfide) groups is 1. The van der Waals surface area contributed by atoms with E-state index in [-0.39, 0.29) is 16.7 Å². The predicted molar refractivity (Wildman–Crippen MR) is 125 cm³/mol. The highest BCUT2D eigenvalue weighted by atomic mass is 32.2. The fourth-order valence-corrected chi connectivity index (χ4v) is 5.97. The van der Waals surface area contributed by atoms with Gasteiger partial charge in [-0.25, -0.2) is 4.98 Å². The van der Waals surface area contributed by atoms with E-state index in [0.29, 0.717) is 21.4 Å². The van der Waals surface area contributed by atoms with Gasteiger partial charge in [0, 0.05) is 21.9 Å². The van der Waals surface area contributed by atoms with Crippen molar-refractivity contribution in [2.24, 2.45) is 0 Å². The molecule has 1 aliphatic rings. The van der Waals surface area contributed by atoms with Crippen LogP contribution < -0.4 is 10.9 Å². The number of thiophene rings is 2. The van der Waals surface area contributed by atoms with Gasteiger partial charge in [-0.3, -0.25) is 14.2 Å². The lowest BCUT2D eigenvalue weighted by molar-refractivity contribution is -0.120. The Balaban J connectivity index is 1.64. The van der Waals surface area contributed by atoms with Gasteiger partial charge in [-0.15, -0.1) is 22.7 Å². The first-order valence-corrected chi connectivity index (χ1v) is 12.4. The van der Waals surface area contributed by atoms with Crippen molar-refractivity contribution in [1.82, 2.24) is 14.9 Å². The summed E-state index contributed by atoms with van der Waals surface area (Å²) in [7, 11) is 0. The molecule has 30 heavy (non-hydrogen) atoms. The van der Waals surface area contributed by atoms with E-state index < -0.39 is 0 Å². The highest BCUT2D eigenvalue weighted by Gasteiger charge is 2.27. The lowest BCUT2D eigenvalue weighted by atomic mass is 10.2. The molecule has 1 atom stereocenters. The molecule has 1 fully saturated rings. The van der Waals surface area contributed by atoms with E-state index in [1.54, 1.807) is 15.9 Å². The molecule has 5 nitrogen and oxygen atoms in total. The molecule has 152 valence electrons. The lowest BCUT2D eigenvalue weighted by Crippen LogP contribution is -2.33. The highest BCUT2D eigenvalue weighted by molar-refractivity contribution is 8.00. The van der Waals surface area contributed by atoms with Crippen molar-refractivity contribution in [2.75, 3.05) is 0 Å². The Morgan fingerprint density at radius 2 is 2.00 bits per heavy atom. The molecular formula is C22H19N3O2S3. The fourth-order valence-electron chi connectivity index (χ4n) is 3.23. The first-order valence-electron chi connectivity index (χ1n) is 9.72. The maximum Gasteiger partial charge on any atom is 0.268 e. The van der Waals surface area contributed by atoms with Crippen LogP contribution in [0.15, 0.2) is 63.2 Å². The normalized spacial score (nSPS) is 14.7. The van der Waals surface area contributed by atoms with Crippen molar-refractivity contribution in [3.63, 3.8) is 0 Å². The Hall–Kier alpha value is -2.42. The quantitative estimate of drug-likeness (QED) is 0.332.